The molecular formula is C24H30F4N8O3S. The number of imidazole rings is 1. The minimum Gasteiger partial charge on any atom is -0.381 e. The van der Waals surface area contributed by atoms with Gasteiger partial charge in [0, 0.05) is 51.4 Å². The van der Waals surface area contributed by atoms with Crippen LogP contribution in [-0.2, 0) is 28.0 Å². The van der Waals surface area contributed by atoms with E-state index in [4.69, 9.17) is 4.74 Å². The maximum atomic E-state index is 15.1. The fourth-order valence-electron chi connectivity index (χ4n) is 5.16. The van der Waals surface area contributed by atoms with Gasteiger partial charge in [0.15, 0.2) is 5.03 Å². The standard InChI is InChI=1S/C24H30F4N8O3S/c1-34-13-21(30-14-34)40(37,38)35-8-7-20(19(25)12-35)32-23-29-10-18(24(26,27)28)22(33-23)15-9-31-36(11-15)16-3-5-17(39-2)6-4-16/h9-11,13-14,16-17,19-20H,3-8,12H2,1-2H3,(H,29,32,33)/t16-,17-,19-,20+/m1/s1. The zero-order chi connectivity index (χ0) is 28.7. The zero-order valence-corrected chi connectivity index (χ0v) is 22.7. The highest BCUT2D eigenvalue weighted by atomic mass is 32.2. The van der Waals surface area contributed by atoms with Gasteiger partial charge in [-0.3, -0.25) is 4.68 Å². The molecule has 4 heterocycles. The predicted molar refractivity (Wildman–Crippen MR) is 135 cm³/mol. The topological polar surface area (TPSA) is 120 Å². The molecule has 2 aliphatic rings. The molecule has 11 nitrogen and oxygen atoms in total. The van der Waals surface area contributed by atoms with Gasteiger partial charge in [0.2, 0.25) is 5.95 Å². The van der Waals surface area contributed by atoms with E-state index in [-0.39, 0.29) is 47.3 Å². The first-order valence-electron chi connectivity index (χ1n) is 12.9. The van der Waals surface area contributed by atoms with E-state index in [9.17, 15) is 21.6 Å². The summed E-state index contributed by atoms with van der Waals surface area (Å²) < 4.78 is 91.9. The Balaban J connectivity index is 1.33. The lowest BCUT2D eigenvalue weighted by molar-refractivity contribution is -0.137. The molecule has 2 atom stereocenters. The molecule has 1 aliphatic heterocycles. The van der Waals surface area contributed by atoms with E-state index >= 15 is 4.39 Å². The van der Waals surface area contributed by atoms with Crippen LogP contribution in [0, 0.1) is 0 Å². The normalized spacial score (nSPS) is 24.8. The average Bonchev–Trinajstić information content (AvgIpc) is 3.59. The lowest BCUT2D eigenvalue weighted by Gasteiger charge is -2.33. The number of rotatable bonds is 7. The van der Waals surface area contributed by atoms with Crippen molar-refractivity contribution in [1.82, 2.24) is 33.6 Å². The third-order valence-corrected chi connectivity index (χ3v) is 9.18. The molecule has 1 aliphatic carbocycles. The van der Waals surface area contributed by atoms with E-state index in [0.717, 1.165) is 30.0 Å². The molecule has 3 aromatic rings. The van der Waals surface area contributed by atoms with E-state index in [0.29, 0.717) is 6.20 Å². The molecule has 218 valence electrons. The molecule has 1 saturated carbocycles. The monoisotopic (exact) mass is 586 g/mol. The predicted octanol–water partition coefficient (Wildman–Crippen LogP) is 3.44. The molecule has 16 heteroatoms. The van der Waals surface area contributed by atoms with Gasteiger partial charge >= 0.3 is 6.18 Å². The largest absolute Gasteiger partial charge is 0.419 e. The summed E-state index contributed by atoms with van der Waals surface area (Å²) in [5.74, 6) is -0.190. The minimum atomic E-state index is -4.72. The third kappa shape index (κ3) is 5.83. The number of hydrogen-bond acceptors (Lipinski definition) is 8. The lowest BCUT2D eigenvalue weighted by Crippen LogP contribution is -2.50. The van der Waals surface area contributed by atoms with Crippen LogP contribution >= 0.6 is 0 Å². The molecule has 5 rings (SSSR count). The van der Waals surface area contributed by atoms with E-state index in [1.165, 1.54) is 29.5 Å². The number of anilines is 1. The zero-order valence-electron chi connectivity index (χ0n) is 21.9. The highest BCUT2D eigenvalue weighted by Crippen LogP contribution is 2.37. The van der Waals surface area contributed by atoms with Crippen molar-refractivity contribution < 1.29 is 30.7 Å². The lowest BCUT2D eigenvalue weighted by atomic mass is 9.93. The highest BCUT2D eigenvalue weighted by molar-refractivity contribution is 7.89. The summed E-state index contributed by atoms with van der Waals surface area (Å²) in [6, 6.07) is -0.868. The Bertz CT molecular complexity index is 1440. The molecule has 0 amide bonds. The van der Waals surface area contributed by atoms with Gasteiger partial charge in [-0.15, -0.1) is 0 Å². The van der Waals surface area contributed by atoms with Crippen molar-refractivity contribution >= 4 is 16.0 Å². The van der Waals surface area contributed by atoms with E-state index in [1.54, 1.807) is 18.8 Å². The van der Waals surface area contributed by atoms with Crippen molar-refractivity contribution in [2.45, 2.75) is 67.7 Å². The Morgan fingerprint density at radius 3 is 2.45 bits per heavy atom. The molecule has 0 bridgehead atoms. The van der Waals surface area contributed by atoms with Crippen LogP contribution in [0.5, 0.6) is 0 Å². The van der Waals surface area contributed by atoms with Crippen LogP contribution in [0.2, 0.25) is 0 Å². The molecule has 2 fully saturated rings. The van der Waals surface area contributed by atoms with Gasteiger partial charge in [-0.2, -0.15) is 22.6 Å². The van der Waals surface area contributed by atoms with Crippen LogP contribution in [0.4, 0.5) is 23.5 Å². The molecule has 0 spiro atoms. The first kappa shape index (κ1) is 28.4. The van der Waals surface area contributed by atoms with Crippen molar-refractivity contribution in [2.24, 2.45) is 7.05 Å². The van der Waals surface area contributed by atoms with Gasteiger partial charge in [-0.05, 0) is 32.1 Å². The van der Waals surface area contributed by atoms with Crippen LogP contribution in [0.15, 0.2) is 36.1 Å². The summed E-state index contributed by atoms with van der Waals surface area (Å²) >= 11 is 0. The molecule has 1 N–H and O–H groups in total. The molecule has 0 radical (unpaired) electrons. The summed E-state index contributed by atoms with van der Waals surface area (Å²) in [6.07, 6.45) is 3.28. The summed E-state index contributed by atoms with van der Waals surface area (Å²) in [7, 11) is -0.703. The number of piperidine rings is 1. The molecular weight excluding hydrogens is 556 g/mol. The SMILES string of the molecule is CO[C@H]1CC[C@H](n2cc(-c3nc(N[C@H]4CCN(S(=O)(=O)c5cn(C)cn5)C[C@H]4F)ncc3C(F)(F)F)cn2)CC1. The summed E-state index contributed by atoms with van der Waals surface area (Å²) in [6.45, 7) is -0.454. The Kier molecular flexibility index (Phi) is 7.85. The Labute approximate surface area is 228 Å². The molecule has 40 heavy (non-hydrogen) atoms. The second kappa shape index (κ2) is 11.0. The Morgan fingerprint density at radius 1 is 1.07 bits per heavy atom. The number of hydrogen-bond donors (Lipinski definition) is 1. The van der Waals surface area contributed by atoms with Crippen molar-refractivity contribution in [3.05, 3.63) is 36.7 Å². The van der Waals surface area contributed by atoms with Crippen molar-refractivity contribution in [2.75, 3.05) is 25.5 Å². The van der Waals surface area contributed by atoms with Crippen molar-refractivity contribution in [3.8, 4) is 11.3 Å². The third-order valence-electron chi connectivity index (χ3n) is 7.42. The van der Waals surface area contributed by atoms with Gasteiger partial charge < -0.3 is 14.6 Å². The van der Waals surface area contributed by atoms with Crippen molar-refractivity contribution in [3.63, 3.8) is 0 Å². The van der Waals surface area contributed by atoms with E-state index < -0.39 is 40.5 Å². The fraction of sp³-hybridized carbons (Fsp3) is 0.583. The fourth-order valence-corrected chi connectivity index (χ4v) is 6.59. The minimum absolute atomic E-state index is 0.0113. The number of nitrogens with one attached hydrogen (secondary N) is 1. The van der Waals surface area contributed by atoms with Crippen LogP contribution in [0.3, 0.4) is 0 Å². The second-order valence-corrected chi connectivity index (χ2v) is 12.0. The number of methoxy groups -OCH3 is 1. The van der Waals surface area contributed by atoms with Gasteiger partial charge in [0.1, 0.15) is 11.7 Å². The van der Waals surface area contributed by atoms with Gasteiger partial charge in [0.25, 0.3) is 10.0 Å². The van der Waals surface area contributed by atoms with E-state index in [2.05, 4.69) is 25.4 Å². The number of sulfonamides is 1. The molecule has 0 aromatic carbocycles. The second-order valence-electron chi connectivity index (χ2n) is 10.1. The van der Waals surface area contributed by atoms with Crippen LogP contribution in [0.1, 0.15) is 43.7 Å². The van der Waals surface area contributed by atoms with Gasteiger partial charge in [-0.1, -0.05) is 0 Å². The summed E-state index contributed by atoms with van der Waals surface area (Å²) in [5, 5.41) is 6.89. The smallest absolute Gasteiger partial charge is 0.381 e. The summed E-state index contributed by atoms with van der Waals surface area (Å²) in [5.41, 5.74) is -1.24. The Hall–Kier alpha value is -3.11. The van der Waals surface area contributed by atoms with Crippen LogP contribution in [0.25, 0.3) is 11.3 Å². The number of alkyl halides is 4. The van der Waals surface area contributed by atoms with Crippen LogP contribution in [-0.4, -0.2) is 80.5 Å². The first-order chi connectivity index (χ1) is 19.0. The number of nitrogens with zero attached hydrogens (tertiary/aromatic N) is 7. The van der Waals surface area contributed by atoms with Gasteiger partial charge in [-0.25, -0.2) is 27.8 Å². The highest BCUT2D eigenvalue weighted by Gasteiger charge is 2.39. The van der Waals surface area contributed by atoms with Crippen LogP contribution < -0.4 is 5.32 Å². The summed E-state index contributed by atoms with van der Waals surface area (Å²) in [4.78, 5) is 11.8. The Morgan fingerprint density at radius 2 is 1.82 bits per heavy atom. The number of halogens is 4. The number of aromatic nitrogens is 6. The number of ether oxygens (including phenoxy) is 1. The average molecular weight is 587 g/mol. The first-order valence-corrected chi connectivity index (χ1v) is 14.3. The quantitative estimate of drug-likeness (QED) is 0.418. The molecule has 0 unspecified atom stereocenters. The number of aryl methyl sites for hydroxylation is 1. The maximum Gasteiger partial charge on any atom is 0.419 e. The van der Waals surface area contributed by atoms with E-state index in [1.807, 2.05) is 0 Å². The molecule has 3 aromatic heterocycles. The maximum absolute atomic E-state index is 15.1. The van der Waals surface area contributed by atoms with Crippen molar-refractivity contribution in [1.29, 1.82) is 0 Å². The molecule has 1 saturated heterocycles. The van der Waals surface area contributed by atoms with Gasteiger partial charge in [0.05, 0.1) is 36.4 Å².